The van der Waals surface area contributed by atoms with Gasteiger partial charge in [0.2, 0.25) is 0 Å². The zero-order chi connectivity index (χ0) is 20.8. The number of halogens is 2. The molecule has 0 saturated heterocycles. The molecule has 0 fully saturated rings. The fourth-order valence-electron chi connectivity index (χ4n) is 3.80. The molecule has 0 atom stereocenters. The van der Waals surface area contributed by atoms with Crippen molar-refractivity contribution in [2.45, 2.75) is 6.42 Å². The molecule has 0 saturated carbocycles. The maximum absolute atomic E-state index is 4.93. The molecular weight excluding hydrogens is 488 g/mol. The van der Waals surface area contributed by atoms with E-state index in [9.17, 15) is 0 Å². The van der Waals surface area contributed by atoms with Crippen LogP contribution >= 0.6 is 17.0 Å². The Morgan fingerprint density at radius 3 is 1.97 bits per heavy atom. The minimum absolute atomic E-state index is 0.826. The summed E-state index contributed by atoms with van der Waals surface area (Å²) in [6.07, 6.45) is 10.0. The molecule has 4 aromatic carbocycles. The molecule has 0 bridgehead atoms. The minimum atomic E-state index is -0.826. The number of aromatic nitrogens is 1. The summed E-state index contributed by atoms with van der Waals surface area (Å²) < 4.78 is 2.37. The maximum Gasteiger partial charge on any atom is 0.0523 e. The molecule has 0 radical (unpaired) electrons. The fraction of sp³-hybridized carbons (Fsp3) is 0.0385. The zero-order valence-corrected chi connectivity index (χ0v) is 20.2. The third-order valence-electron chi connectivity index (χ3n) is 5.03. The van der Waals surface area contributed by atoms with Gasteiger partial charge in [0.1, 0.15) is 0 Å². The van der Waals surface area contributed by atoms with Gasteiger partial charge in [-0.25, -0.2) is 12.2 Å². The number of hydrogen-bond donors (Lipinski definition) is 0. The van der Waals surface area contributed by atoms with Gasteiger partial charge in [-0.1, -0.05) is 42.5 Å². The standard InChI is InChI=1S/C21H14N.C5H5.2ClH.Zr/c1-2-8-16-14-17(13-15(16)7-1)22-20-11-5-3-9-18(20)19-10-4-6-12-21(19)22;1-2-4-5-3-1;;;/h1-14H;1-3H,4H2;2*1H;/q2*-1;;;+4/p-2. The van der Waals surface area contributed by atoms with Crippen molar-refractivity contribution in [1.82, 2.24) is 4.57 Å². The number of benzene rings is 3. The Balaban J connectivity index is 0.000000233. The summed E-state index contributed by atoms with van der Waals surface area (Å²) in [5.41, 5.74) is 3.76. The van der Waals surface area contributed by atoms with Crippen molar-refractivity contribution in [3.8, 4) is 5.69 Å². The molecule has 146 valence electrons. The molecule has 1 heterocycles. The summed E-state index contributed by atoms with van der Waals surface area (Å²) in [4.78, 5) is 0. The Morgan fingerprint density at radius 1 is 0.833 bits per heavy atom. The van der Waals surface area contributed by atoms with Crippen LogP contribution in [0.4, 0.5) is 0 Å². The normalized spacial score (nSPS) is 11.8. The third-order valence-corrected chi connectivity index (χ3v) is 5.03. The summed E-state index contributed by atoms with van der Waals surface area (Å²) in [6.45, 7) is 0. The molecule has 1 nitrogen and oxygen atoms in total. The Morgan fingerprint density at radius 2 is 1.43 bits per heavy atom. The smallest absolute Gasteiger partial charge is 0.0523 e. The number of rotatable bonds is 1. The molecule has 0 N–H and O–H groups in total. The zero-order valence-electron chi connectivity index (χ0n) is 16.2. The topological polar surface area (TPSA) is 4.93 Å². The number of para-hydroxylation sites is 2. The predicted molar refractivity (Wildman–Crippen MR) is 127 cm³/mol. The average Bonchev–Trinajstić information content (AvgIpc) is 3.53. The molecule has 0 amide bonds. The molecular formula is C26H19Cl2NZr. The van der Waals surface area contributed by atoms with E-state index in [-0.39, 0.29) is 0 Å². The van der Waals surface area contributed by atoms with Crippen LogP contribution in [0.1, 0.15) is 6.42 Å². The Bertz CT molecular complexity index is 1230. The number of allylic oxidation sites excluding steroid dienone is 4. The van der Waals surface area contributed by atoms with E-state index in [2.05, 4.69) is 102 Å². The van der Waals surface area contributed by atoms with Gasteiger partial charge in [0, 0.05) is 10.8 Å². The summed E-state index contributed by atoms with van der Waals surface area (Å²) in [5, 5.41) is 5.20. The molecule has 1 aliphatic carbocycles. The van der Waals surface area contributed by atoms with Crippen molar-refractivity contribution in [3.63, 3.8) is 0 Å². The first kappa shape index (κ1) is 21.3. The Hall–Kier alpha value is -1.99. The van der Waals surface area contributed by atoms with E-state index in [0.29, 0.717) is 0 Å². The van der Waals surface area contributed by atoms with Crippen molar-refractivity contribution in [3.05, 3.63) is 109 Å². The van der Waals surface area contributed by atoms with E-state index < -0.39 is 20.8 Å². The van der Waals surface area contributed by atoms with Crippen molar-refractivity contribution >= 4 is 49.6 Å². The van der Waals surface area contributed by atoms with Gasteiger partial charge in [-0.15, -0.1) is 47.5 Å². The van der Waals surface area contributed by atoms with Gasteiger partial charge in [-0.3, -0.25) is 6.08 Å². The second kappa shape index (κ2) is 10.4. The maximum atomic E-state index is 4.93. The second-order valence-electron chi connectivity index (χ2n) is 6.79. The predicted octanol–water partition coefficient (Wildman–Crippen LogP) is 8.34. The van der Waals surface area contributed by atoms with Crippen LogP contribution in [0.2, 0.25) is 0 Å². The quantitative estimate of drug-likeness (QED) is 0.201. The Kier molecular flexibility index (Phi) is 7.34. The van der Waals surface area contributed by atoms with Crippen LogP contribution in [0.15, 0.2) is 103 Å². The first-order valence-corrected chi connectivity index (χ1v) is 16.0. The summed E-state index contributed by atoms with van der Waals surface area (Å²) in [5.74, 6) is 0. The van der Waals surface area contributed by atoms with Crippen molar-refractivity contribution in [2.24, 2.45) is 0 Å². The molecule has 1 aromatic heterocycles. The Labute approximate surface area is 195 Å². The third kappa shape index (κ3) is 4.52. The van der Waals surface area contributed by atoms with Gasteiger partial charge < -0.3 is 4.57 Å². The SMILES string of the molecule is [C-]1=CC=CC1.[Cl][Zr+2][Cl].c1ccc2[cH-]c(-n3c4ccccc4c4ccccc43)cc2c1. The summed E-state index contributed by atoms with van der Waals surface area (Å²) >= 11 is -0.826. The second-order valence-corrected chi connectivity index (χ2v) is 10.5. The number of fused-ring (bicyclic) bond motifs is 4. The first-order chi connectivity index (χ1) is 14.8. The van der Waals surface area contributed by atoms with Gasteiger partial charge >= 0.3 is 37.9 Å². The monoisotopic (exact) mass is 505 g/mol. The fourth-order valence-corrected chi connectivity index (χ4v) is 3.80. The van der Waals surface area contributed by atoms with Gasteiger partial charge in [0.05, 0.1) is 11.0 Å². The van der Waals surface area contributed by atoms with E-state index in [1.165, 1.54) is 38.3 Å². The van der Waals surface area contributed by atoms with Gasteiger partial charge in [0.15, 0.2) is 0 Å². The van der Waals surface area contributed by atoms with E-state index >= 15 is 0 Å². The van der Waals surface area contributed by atoms with E-state index in [1.807, 2.05) is 12.2 Å². The minimum Gasteiger partial charge on any atom is -0.328 e. The first-order valence-electron chi connectivity index (χ1n) is 9.65. The van der Waals surface area contributed by atoms with Crippen LogP contribution in [0.5, 0.6) is 0 Å². The molecule has 6 rings (SSSR count). The summed E-state index contributed by atoms with van der Waals surface area (Å²) in [6, 6.07) is 30.3. The molecule has 0 unspecified atom stereocenters. The molecule has 5 aromatic rings. The summed E-state index contributed by atoms with van der Waals surface area (Å²) in [7, 11) is 9.87. The largest absolute Gasteiger partial charge is 0.328 e. The van der Waals surface area contributed by atoms with Crippen LogP contribution in [0.3, 0.4) is 0 Å². The molecule has 1 aliphatic rings. The van der Waals surface area contributed by atoms with Crippen molar-refractivity contribution in [2.75, 3.05) is 0 Å². The van der Waals surface area contributed by atoms with Crippen LogP contribution in [0, 0.1) is 6.08 Å². The van der Waals surface area contributed by atoms with Gasteiger partial charge in [0.25, 0.3) is 0 Å². The van der Waals surface area contributed by atoms with E-state index in [4.69, 9.17) is 17.0 Å². The van der Waals surface area contributed by atoms with Crippen LogP contribution in [-0.4, -0.2) is 4.57 Å². The molecule has 0 aliphatic heterocycles. The van der Waals surface area contributed by atoms with Crippen LogP contribution in [0.25, 0.3) is 38.3 Å². The number of hydrogen-bond acceptors (Lipinski definition) is 0. The van der Waals surface area contributed by atoms with Gasteiger partial charge in [-0.05, 0) is 17.8 Å². The number of nitrogens with zero attached hydrogens (tertiary/aromatic N) is 1. The average molecular weight is 508 g/mol. The van der Waals surface area contributed by atoms with E-state index in [0.717, 1.165) is 6.42 Å². The van der Waals surface area contributed by atoms with E-state index in [1.54, 1.807) is 0 Å². The van der Waals surface area contributed by atoms with Gasteiger partial charge in [-0.2, -0.15) is 6.08 Å². The van der Waals surface area contributed by atoms with Crippen LogP contribution < -0.4 is 0 Å². The molecule has 30 heavy (non-hydrogen) atoms. The van der Waals surface area contributed by atoms with Crippen molar-refractivity contribution in [1.29, 1.82) is 0 Å². The van der Waals surface area contributed by atoms with Crippen molar-refractivity contribution < 1.29 is 20.8 Å². The molecule has 4 heteroatoms. The van der Waals surface area contributed by atoms with Crippen LogP contribution in [-0.2, 0) is 20.8 Å². The molecule has 0 spiro atoms.